The van der Waals surface area contributed by atoms with Crippen molar-refractivity contribution in [2.75, 3.05) is 0 Å². The highest BCUT2D eigenvalue weighted by molar-refractivity contribution is 14.1. The highest BCUT2D eigenvalue weighted by atomic mass is 127. The standard InChI is InChI=1S/C19H15I2NO4/c20-14-6-10(8-16(22)19(24)25)7-15(21)18(14)26-17-3-1-2-11-4-5-12(23)9-13(11)17/h1-7,9,16,23H,8,22H2,(H,24,25). The molecule has 134 valence electrons. The molecule has 3 aromatic rings. The van der Waals surface area contributed by atoms with E-state index in [1.807, 2.05) is 36.4 Å². The van der Waals surface area contributed by atoms with Gasteiger partial charge in [-0.1, -0.05) is 18.2 Å². The van der Waals surface area contributed by atoms with Gasteiger partial charge in [-0.25, -0.2) is 0 Å². The van der Waals surface area contributed by atoms with Crippen molar-refractivity contribution in [1.82, 2.24) is 0 Å². The first-order valence-corrected chi connectivity index (χ1v) is 9.92. The Kier molecular flexibility index (Phi) is 5.88. The van der Waals surface area contributed by atoms with Crippen molar-refractivity contribution < 1.29 is 25.5 Å². The van der Waals surface area contributed by atoms with Gasteiger partial charge < -0.3 is 25.5 Å². The van der Waals surface area contributed by atoms with Gasteiger partial charge in [0.2, 0.25) is 0 Å². The Bertz CT molecular complexity index is 967. The normalized spacial score (nSPS) is 12.1. The number of carbonyl (C=O) groups is 1. The molecule has 0 radical (unpaired) electrons. The van der Waals surface area contributed by atoms with E-state index in [-0.39, 0.29) is 5.75 Å². The summed E-state index contributed by atoms with van der Waals surface area (Å²) in [5, 5.41) is 22.5. The molecule has 0 heterocycles. The van der Waals surface area contributed by atoms with Gasteiger partial charge in [0.25, 0.3) is 0 Å². The van der Waals surface area contributed by atoms with Crippen LogP contribution in [0.3, 0.4) is 0 Å². The lowest BCUT2D eigenvalue weighted by molar-refractivity contribution is -0.437. The first kappa shape index (κ1) is 19.2. The maximum Gasteiger partial charge on any atom is 0.154 e. The van der Waals surface area contributed by atoms with Crippen LogP contribution in [-0.4, -0.2) is 17.1 Å². The van der Waals surface area contributed by atoms with Crippen LogP contribution in [0.15, 0.2) is 48.5 Å². The fourth-order valence-electron chi connectivity index (χ4n) is 2.63. The number of hydrogen-bond donors (Lipinski definition) is 2. The summed E-state index contributed by atoms with van der Waals surface area (Å²) in [6.07, 6.45) is 0.302. The molecular formula is C19H15I2NO4. The molecule has 0 spiro atoms. The summed E-state index contributed by atoms with van der Waals surface area (Å²) < 4.78 is 7.88. The molecule has 5 nitrogen and oxygen atoms in total. The SMILES string of the molecule is [NH3+]C(Cc1cc(I)c(Oc2cccc3ccc(O)cc23)c(I)c1)C(=O)[O-]. The number of carboxylic acid groups (broad SMARTS) is 1. The van der Waals surface area contributed by atoms with Gasteiger partial charge in [0.1, 0.15) is 17.5 Å². The van der Waals surface area contributed by atoms with Crippen molar-refractivity contribution in [3.8, 4) is 17.2 Å². The predicted octanol–water partition coefficient (Wildman–Crippen LogP) is 2.45. The molecule has 3 aromatic carbocycles. The highest BCUT2D eigenvalue weighted by Crippen LogP contribution is 2.37. The Labute approximate surface area is 177 Å². The number of ether oxygens (including phenoxy) is 1. The molecule has 0 amide bonds. The maximum atomic E-state index is 10.9. The Morgan fingerprint density at radius 1 is 1.15 bits per heavy atom. The largest absolute Gasteiger partial charge is 0.544 e. The van der Waals surface area contributed by atoms with Gasteiger partial charge in [0, 0.05) is 11.8 Å². The summed E-state index contributed by atoms with van der Waals surface area (Å²) in [6.45, 7) is 0. The number of quaternary nitrogens is 1. The average molecular weight is 575 g/mol. The lowest BCUT2D eigenvalue weighted by Crippen LogP contribution is -2.69. The van der Waals surface area contributed by atoms with Crippen molar-refractivity contribution >= 4 is 61.9 Å². The first-order chi connectivity index (χ1) is 12.3. The monoisotopic (exact) mass is 575 g/mol. The lowest BCUT2D eigenvalue weighted by atomic mass is 10.1. The highest BCUT2D eigenvalue weighted by Gasteiger charge is 2.15. The van der Waals surface area contributed by atoms with E-state index in [0.29, 0.717) is 17.9 Å². The van der Waals surface area contributed by atoms with Crippen LogP contribution in [0.1, 0.15) is 5.56 Å². The summed E-state index contributed by atoms with van der Waals surface area (Å²) >= 11 is 4.34. The Balaban J connectivity index is 1.96. The number of aromatic hydroxyl groups is 1. The average Bonchev–Trinajstić information content (AvgIpc) is 2.58. The smallest absolute Gasteiger partial charge is 0.154 e. The number of aliphatic carboxylic acids is 1. The molecule has 4 N–H and O–H groups in total. The zero-order chi connectivity index (χ0) is 18.8. The van der Waals surface area contributed by atoms with Crippen LogP contribution in [0.4, 0.5) is 0 Å². The van der Waals surface area contributed by atoms with Gasteiger partial charge in [-0.15, -0.1) is 0 Å². The van der Waals surface area contributed by atoms with E-state index in [1.165, 1.54) is 0 Å². The number of rotatable bonds is 5. The van der Waals surface area contributed by atoms with Crippen LogP contribution < -0.4 is 15.6 Å². The van der Waals surface area contributed by atoms with Crippen LogP contribution in [0.2, 0.25) is 0 Å². The molecule has 1 atom stereocenters. The molecule has 7 heteroatoms. The Hall–Kier alpha value is -1.59. The van der Waals surface area contributed by atoms with E-state index in [1.54, 1.807) is 12.1 Å². The summed E-state index contributed by atoms with van der Waals surface area (Å²) in [6, 6.07) is 13.8. The number of phenols is 1. The molecule has 3 rings (SSSR count). The van der Waals surface area contributed by atoms with Gasteiger partial charge >= 0.3 is 0 Å². The van der Waals surface area contributed by atoms with E-state index in [9.17, 15) is 15.0 Å². The Morgan fingerprint density at radius 3 is 2.50 bits per heavy atom. The predicted molar refractivity (Wildman–Crippen MR) is 113 cm³/mol. The third kappa shape index (κ3) is 4.21. The molecule has 0 aliphatic heterocycles. The van der Waals surface area contributed by atoms with Gasteiger partial charge in [0.15, 0.2) is 5.75 Å². The van der Waals surface area contributed by atoms with Gasteiger partial charge in [-0.3, -0.25) is 0 Å². The van der Waals surface area contributed by atoms with Crippen molar-refractivity contribution in [1.29, 1.82) is 0 Å². The van der Waals surface area contributed by atoms with Crippen molar-refractivity contribution in [2.45, 2.75) is 12.5 Å². The molecule has 0 fully saturated rings. The second-order valence-electron chi connectivity index (χ2n) is 5.87. The summed E-state index contributed by atoms with van der Waals surface area (Å²) in [5.41, 5.74) is 4.47. The molecular weight excluding hydrogens is 560 g/mol. The van der Waals surface area contributed by atoms with Crippen molar-refractivity contribution in [3.05, 3.63) is 61.2 Å². The van der Waals surface area contributed by atoms with Crippen LogP contribution in [0.5, 0.6) is 17.2 Å². The second-order valence-corrected chi connectivity index (χ2v) is 8.20. The fourth-order valence-corrected chi connectivity index (χ4v) is 4.74. The van der Waals surface area contributed by atoms with E-state index in [0.717, 1.165) is 23.5 Å². The van der Waals surface area contributed by atoms with Crippen molar-refractivity contribution in [3.63, 3.8) is 0 Å². The maximum absolute atomic E-state index is 10.9. The topological polar surface area (TPSA) is 97.2 Å². The van der Waals surface area contributed by atoms with Crippen LogP contribution in [0, 0.1) is 7.14 Å². The van der Waals surface area contributed by atoms with Gasteiger partial charge in [-0.05, 0) is 86.5 Å². The molecule has 26 heavy (non-hydrogen) atoms. The number of phenolic OH excluding ortho intramolecular Hbond substituents is 1. The molecule has 0 saturated heterocycles. The molecule has 0 aliphatic carbocycles. The summed E-state index contributed by atoms with van der Waals surface area (Å²) in [4.78, 5) is 10.9. The van der Waals surface area contributed by atoms with E-state index in [4.69, 9.17) is 4.74 Å². The zero-order valence-corrected chi connectivity index (χ0v) is 17.9. The number of carboxylic acids is 1. The molecule has 0 aliphatic rings. The van der Waals surface area contributed by atoms with Crippen LogP contribution >= 0.6 is 45.2 Å². The van der Waals surface area contributed by atoms with Crippen LogP contribution in [-0.2, 0) is 11.2 Å². The minimum Gasteiger partial charge on any atom is -0.544 e. The van der Waals surface area contributed by atoms with Gasteiger partial charge in [-0.2, -0.15) is 0 Å². The molecule has 0 aromatic heterocycles. The summed E-state index contributed by atoms with van der Waals surface area (Å²) in [7, 11) is 0. The van der Waals surface area contributed by atoms with E-state index < -0.39 is 12.0 Å². The molecule has 0 saturated carbocycles. The molecule has 0 bridgehead atoms. The minimum atomic E-state index is -1.16. The lowest BCUT2D eigenvalue weighted by Gasteiger charge is -2.15. The second kappa shape index (κ2) is 7.97. The quantitative estimate of drug-likeness (QED) is 0.458. The first-order valence-electron chi connectivity index (χ1n) is 7.76. The van der Waals surface area contributed by atoms with Crippen LogP contribution in [0.25, 0.3) is 10.8 Å². The number of hydrogen-bond acceptors (Lipinski definition) is 4. The number of halogens is 2. The third-order valence-electron chi connectivity index (χ3n) is 3.91. The number of carbonyl (C=O) groups excluding carboxylic acids is 1. The number of benzene rings is 3. The Morgan fingerprint density at radius 2 is 1.85 bits per heavy atom. The van der Waals surface area contributed by atoms with E-state index in [2.05, 4.69) is 50.9 Å². The van der Waals surface area contributed by atoms with Crippen molar-refractivity contribution in [2.24, 2.45) is 0 Å². The third-order valence-corrected chi connectivity index (χ3v) is 5.51. The number of fused-ring (bicyclic) bond motifs is 1. The van der Waals surface area contributed by atoms with E-state index >= 15 is 0 Å². The molecule has 1 unspecified atom stereocenters. The van der Waals surface area contributed by atoms with Gasteiger partial charge in [0.05, 0.1) is 13.1 Å². The summed E-state index contributed by atoms with van der Waals surface area (Å²) in [5.74, 6) is 0.356. The fraction of sp³-hybridized carbons (Fsp3) is 0.105. The minimum absolute atomic E-state index is 0.178. The zero-order valence-electron chi connectivity index (χ0n) is 13.5.